The third-order valence-electron chi connectivity index (χ3n) is 4.30. The molecule has 1 N–H and O–H groups in total. The zero-order valence-electron chi connectivity index (χ0n) is 11.8. The van der Waals surface area contributed by atoms with Crippen LogP contribution < -0.4 is 5.32 Å². The fourth-order valence-electron chi connectivity index (χ4n) is 3.13. The number of hydrogen-bond donors (Lipinski definition) is 1. The Labute approximate surface area is 132 Å². The van der Waals surface area contributed by atoms with E-state index in [0.29, 0.717) is 23.6 Å². The fourth-order valence-corrected chi connectivity index (χ4v) is 3.64. The van der Waals surface area contributed by atoms with Crippen molar-refractivity contribution in [3.63, 3.8) is 0 Å². The van der Waals surface area contributed by atoms with Crippen molar-refractivity contribution in [3.05, 3.63) is 34.1 Å². The first-order valence-corrected chi connectivity index (χ1v) is 8.14. The summed E-state index contributed by atoms with van der Waals surface area (Å²) in [6, 6.07) is 5.05. The van der Waals surface area contributed by atoms with Gasteiger partial charge in [-0.15, -0.1) is 0 Å². The number of carbonyl (C=O) groups excluding carboxylic acids is 1. The summed E-state index contributed by atoms with van der Waals surface area (Å²) < 4.78 is 14.4. The number of hydrogen-bond acceptors (Lipinski definition) is 3. The molecule has 2 aliphatic heterocycles. The third kappa shape index (κ3) is 3.12. The number of amides is 1. The van der Waals surface area contributed by atoms with Crippen LogP contribution in [-0.2, 0) is 0 Å². The second-order valence-corrected chi connectivity index (χ2v) is 6.43. The number of benzene rings is 1. The first-order chi connectivity index (χ1) is 10.2. The van der Waals surface area contributed by atoms with Crippen molar-refractivity contribution in [1.82, 2.24) is 15.1 Å². The summed E-state index contributed by atoms with van der Waals surface area (Å²) >= 11 is 3.28. The van der Waals surface area contributed by atoms with Gasteiger partial charge in [0, 0.05) is 49.8 Å². The number of halogens is 2. The van der Waals surface area contributed by atoms with E-state index in [1.54, 1.807) is 17.0 Å². The maximum atomic E-state index is 13.9. The van der Waals surface area contributed by atoms with Gasteiger partial charge in [-0.05, 0) is 34.5 Å². The molecule has 1 aromatic carbocycles. The Bertz CT molecular complexity index is 513. The molecule has 1 aromatic rings. The van der Waals surface area contributed by atoms with Gasteiger partial charge < -0.3 is 10.2 Å². The average Bonchev–Trinajstić information content (AvgIpc) is 2.97. The zero-order chi connectivity index (χ0) is 14.8. The van der Waals surface area contributed by atoms with Gasteiger partial charge in [0.2, 0.25) is 0 Å². The van der Waals surface area contributed by atoms with Crippen LogP contribution in [0.3, 0.4) is 0 Å². The van der Waals surface area contributed by atoms with E-state index in [-0.39, 0.29) is 11.5 Å². The molecule has 2 heterocycles. The molecule has 0 aliphatic carbocycles. The van der Waals surface area contributed by atoms with Crippen molar-refractivity contribution in [3.8, 4) is 0 Å². The average molecular weight is 356 g/mol. The van der Waals surface area contributed by atoms with E-state index in [0.717, 1.165) is 32.6 Å². The molecule has 3 rings (SSSR count). The summed E-state index contributed by atoms with van der Waals surface area (Å²) in [4.78, 5) is 16.7. The maximum Gasteiger partial charge on any atom is 0.258 e. The van der Waals surface area contributed by atoms with Crippen LogP contribution in [-0.4, -0.2) is 61.0 Å². The molecule has 0 radical (unpaired) electrons. The van der Waals surface area contributed by atoms with Gasteiger partial charge >= 0.3 is 0 Å². The first kappa shape index (κ1) is 14.9. The topological polar surface area (TPSA) is 35.6 Å². The van der Waals surface area contributed by atoms with Crippen molar-refractivity contribution < 1.29 is 9.18 Å². The van der Waals surface area contributed by atoms with Crippen molar-refractivity contribution >= 4 is 21.8 Å². The predicted molar refractivity (Wildman–Crippen MR) is 82.9 cm³/mol. The van der Waals surface area contributed by atoms with Gasteiger partial charge in [-0.2, -0.15) is 0 Å². The molecular weight excluding hydrogens is 337 g/mol. The second-order valence-electron chi connectivity index (χ2n) is 5.58. The maximum absolute atomic E-state index is 13.9. The minimum absolute atomic E-state index is 0.151. The van der Waals surface area contributed by atoms with E-state index in [2.05, 4.69) is 26.1 Å². The van der Waals surface area contributed by atoms with E-state index in [4.69, 9.17) is 0 Å². The van der Waals surface area contributed by atoms with Crippen molar-refractivity contribution in [2.24, 2.45) is 0 Å². The van der Waals surface area contributed by atoms with Gasteiger partial charge in [0.15, 0.2) is 0 Å². The third-order valence-corrected chi connectivity index (χ3v) is 4.96. The monoisotopic (exact) mass is 355 g/mol. The quantitative estimate of drug-likeness (QED) is 0.877. The lowest BCUT2D eigenvalue weighted by Crippen LogP contribution is -2.49. The molecule has 4 nitrogen and oxygen atoms in total. The van der Waals surface area contributed by atoms with Crippen molar-refractivity contribution in [2.75, 3.05) is 39.3 Å². The van der Waals surface area contributed by atoms with Crippen LogP contribution in [0.5, 0.6) is 0 Å². The highest BCUT2D eigenvalue weighted by atomic mass is 79.9. The molecule has 1 amide bonds. The molecule has 2 aliphatic rings. The zero-order valence-corrected chi connectivity index (χ0v) is 13.4. The van der Waals surface area contributed by atoms with E-state index in [9.17, 15) is 9.18 Å². The second kappa shape index (κ2) is 6.42. The van der Waals surface area contributed by atoms with Gasteiger partial charge in [-0.1, -0.05) is 6.07 Å². The summed E-state index contributed by atoms with van der Waals surface area (Å²) in [6.07, 6.45) is 0.970. The summed E-state index contributed by atoms with van der Waals surface area (Å²) in [5.41, 5.74) is 0.151. The van der Waals surface area contributed by atoms with Gasteiger partial charge in [0.1, 0.15) is 5.82 Å². The Morgan fingerprint density at radius 2 is 2.05 bits per heavy atom. The number of likely N-dealkylation sites (tertiary alicyclic amines) is 1. The molecule has 6 heteroatoms. The highest BCUT2D eigenvalue weighted by Crippen LogP contribution is 2.24. The summed E-state index contributed by atoms with van der Waals surface area (Å²) in [5.74, 6) is -0.669. The smallest absolute Gasteiger partial charge is 0.258 e. The lowest BCUT2D eigenvalue weighted by molar-refractivity contribution is 0.0768. The van der Waals surface area contributed by atoms with Crippen LogP contribution >= 0.6 is 15.9 Å². The van der Waals surface area contributed by atoms with Crippen molar-refractivity contribution in [2.45, 2.75) is 12.5 Å². The fraction of sp³-hybridized carbons (Fsp3) is 0.533. The Morgan fingerprint density at radius 3 is 2.76 bits per heavy atom. The van der Waals surface area contributed by atoms with E-state index >= 15 is 0 Å². The number of rotatable bonds is 2. The normalized spacial score (nSPS) is 23.5. The summed E-state index contributed by atoms with van der Waals surface area (Å²) in [6.45, 7) is 5.45. The SMILES string of the molecule is O=C(c1c(F)cccc1Br)N1CCC(N2CCNCC2)C1. The molecule has 1 unspecified atom stereocenters. The minimum Gasteiger partial charge on any atom is -0.337 e. The largest absolute Gasteiger partial charge is 0.337 e. The van der Waals surface area contributed by atoms with Gasteiger partial charge in [0.25, 0.3) is 5.91 Å². The predicted octanol–water partition coefficient (Wildman–Crippen LogP) is 1.71. The Balaban J connectivity index is 1.69. The standard InChI is InChI=1S/C15H19BrFN3O/c16-12-2-1-3-13(17)14(12)15(21)20-7-4-11(10-20)19-8-5-18-6-9-19/h1-3,11,18H,4-10H2. The lowest BCUT2D eigenvalue weighted by Gasteiger charge is -2.32. The highest BCUT2D eigenvalue weighted by molar-refractivity contribution is 9.10. The molecule has 21 heavy (non-hydrogen) atoms. The van der Waals surface area contributed by atoms with E-state index in [1.807, 2.05) is 0 Å². The molecule has 0 spiro atoms. The van der Waals surface area contributed by atoms with Crippen LogP contribution in [0.1, 0.15) is 16.8 Å². The van der Waals surface area contributed by atoms with Crippen LogP contribution in [0, 0.1) is 5.82 Å². The number of piperazine rings is 1. The molecule has 0 saturated carbocycles. The number of nitrogens with zero attached hydrogens (tertiary/aromatic N) is 2. The molecule has 0 bridgehead atoms. The van der Waals surface area contributed by atoms with Gasteiger partial charge in [0.05, 0.1) is 5.56 Å². The molecular formula is C15H19BrFN3O. The Hall–Kier alpha value is -0.980. The van der Waals surface area contributed by atoms with Gasteiger partial charge in [-0.25, -0.2) is 4.39 Å². The van der Waals surface area contributed by atoms with E-state index < -0.39 is 5.82 Å². The van der Waals surface area contributed by atoms with Crippen molar-refractivity contribution in [1.29, 1.82) is 0 Å². The van der Waals surface area contributed by atoms with Crippen LogP contribution in [0.25, 0.3) is 0 Å². The van der Waals surface area contributed by atoms with Crippen LogP contribution in [0.15, 0.2) is 22.7 Å². The van der Waals surface area contributed by atoms with E-state index in [1.165, 1.54) is 6.07 Å². The van der Waals surface area contributed by atoms with Crippen LogP contribution in [0.2, 0.25) is 0 Å². The molecule has 114 valence electrons. The van der Waals surface area contributed by atoms with Crippen LogP contribution in [0.4, 0.5) is 4.39 Å². The molecule has 0 aromatic heterocycles. The van der Waals surface area contributed by atoms with Gasteiger partial charge in [-0.3, -0.25) is 9.69 Å². The highest BCUT2D eigenvalue weighted by Gasteiger charge is 2.32. The first-order valence-electron chi connectivity index (χ1n) is 7.35. The minimum atomic E-state index is -0.458. The summed E-state index contributed by atoms with van der Waals surface area (Å²) in [5, 5.41) is 3.33. The number of nitrogens with one attached hydrogen (secondary N) is 1. The lowest BCUT2D eigenvalue weighted by atomic mass is 10.2. The molecule has 1 atom stereocenters. The molecule has 2 fully saturated rings. The Kier molecular flexibility index (Phi) is 4.57. The molecule has 2 saturated heterocycles. The number of carbonyl (C=O) groups is 1. The Morgan fingerprint density at radius 1 is 1.29 bits per heavy atom. The summed E-state index contributed by atoms with van der Waals surface area (Å²) in [7, 11) is 0.